The topological polar surface area (TPSA) is 46.2 Å². The van der Waals surface area contributed by atoms with Crippen molar-refractivity contribution >= 4 is 0 Å². The SMILES string of the molecule is NCC1(C(O)c2cc(F)ccc2F)Cc2ccccc2C1. The number of hydrogen-bond donors (Lipinski definition) is 2. The molecule has 0 heterocycles. The molecule has 0 radical (unpaired) electrons. The Morgan fingerprint density at radius 1 is 1.10 bits per heavy atom. The lowest BCUT2D eigenvalue weighted by molar-refractivity contribution is 0.0328. The van der Waals surface area contributed by atoms with Gasteiger partial charge in [0, 0.05) is 17.5 Å². The van der Waals surface area contributed by atoms with Crippen LogP contribution in [0.25, 0.3) is 0 Å². The molecular weight excluding hydrogens is 272 g/mol. The maximum absolute atomic E-state index is 13.9. The Morgan fingerprint density at radius 3 is 2.29 bits per heavy atom. The van der Waals surface area contributed by atoms with E-state index in [9.17, 15) is 13.9 Å². The van der Waals surface area contributed by atoms with Gasteiger partial charge in [0.15, 0.2) is 0 Å². The normalized spacial score (nSPS) is 17.5. The Morgan fingerprint density at radius 2 is 1.71 bits per heavy atom. The summed E-state index contributed by atoms with van der Waals surface area (Å²) >= 11 is 0. The fourth-order valence-corrected chi connectivity index (χ4v) is 3.23. The van der Waals surface area contributed by atoms with Gasteiger partial charge in [-0.2, -0.15) is 0 Å². The van der Waals surface area contributed by atoms with Gasteiger partial charge in [-0.15, -0.1) is 0 Å². The zero-order valence-corrected chi connectivity index (χ0v) is 11.5. The third-order valence-electron chi connectivity index (χ3n) is 4.44. The van der Waals surface area contributed by atoms with Crippen LogP contribution in [0.2, 0.25) is 0 Å². The van der Waals surface area contributed by atoms with Crippen molar-refractivity contribution in [2.45, 2.75) is 18.9 Å². The van der Waals surface area contributed by atoms with Crippen molar-refractivity contribution in [2.24, 2.45) is 11.1 Å². The van der Waals surface area contributed by atoms with Gasteiger partial charge in [0.25, 0.3) is 0 Å². The van der Waals surface area contributed by atoms with E-state index in [0.717, 1.165) is 29.3 Å². The van der Waals surface area contributed by atoms with Crippen LogP contribution in [0.4, 0.5) is 8.78 Å². The van der Waals surface area contributed by atoms with Crippen LogP contribution in [0.5, 0.6) is 0 Å². The molecule has 0 amide bonds. The van der Waals surface area contributed by atoms with Gasteiger partial charge in [0.2, 0.25) is 0 Å². The molecule has 1 aliphatic carbocycles. The lowest BCUT2D eigenvalue weighted by atomic mass is 9.76. The minimum absolute atomic E-state index is 0.0201. The first-order valence-corrected chi connectivity index (χ1v) is 6.95. The summed E-state index contributed by atoms with van der Waals surface area (Å²) in [5.74, 6) is -1.17. The molecule has 0 aliphatic heterocycles. The highest BCUT2D eigenvalue weighted by molar-refractivity contribution is 5.37. The summed E-state index contributed by atoms with van der Waals surface area (Å²) in [5, 5.41) is 10.7. The van der Waals surface area contributed by atoms with Crippen LogP contribution in [-0.2, 0) is 12.8 Å². The molecule has 0 saturated carbocycles. The second-order valence-electron chi connectivity index (χ2n) is 5.76. The molecule has 0 spiro atoms. The van der Waals surface area contributed by atoms with Gasteiger partial charge < -0.3 is 10.8 Å². The Kier molecular flexibility index (Phi) is 3.51. The van der Waals surface area contributed by atoms with Crippen molar-refractivity contribution in [3.63, 3.8) is 0 Å². The van der Waals surface area contributed by atoms with Crippen LogP contribution in [0.1, 0.15) is 22.8 Å². The summed E-state index contributed by atoms with van der Waals surface area (Å²) in [6.45, 7) is 0.207. The lowest BCUT2D eigenvalue weighted by Gasteiger charge is -2.33. The van der Waals surface area contributed by atoms with E-state index >= 15 is 0 Å². The van der Waals surface area contributed by atoms with E-state index in [4.69, 9.17) is 5.73 Å². The van der Waals surface area contributed by atoms with Gasteiger partial charge >= 0.3 is 0 Å². The summed E-state index contributed by atoms with van der Waals surface area (Å²) < 4.78 is 27.3. The molecule has 0 fully saturated rings. The van der Waals surface area contributed by atoms with Crippen molar-refractivity contribution < 1.29 is 13.9 Å². The summed E-state index contributed by atoms with van der Waals surface area (Å²) in [7, 11) is 0. The zero-order valence-electron chi connectivity index (χ0n) is 11.5. The molecule has 4 heteroatoms. The van der Waals surface area contributed by atoms with E-state index in [2.05, 4.69) is 0 Å². The molecule has 1 unspecified atom stereocenters. The number of aliphatic hydroxyl groups excluding tert-OH is 1. The van der Waals surface area contributed by atoms with E-state index in [1.165, 1.54) is 0 Å². The molecule has 0 saturated heterocycles. The number of nitrogens with two attached hydrogens (primary N) is 1. The van der Waals surface area contributed by atoms with E-state index < -0.39 is 23.2 Å². The maximum Gasteiger partial charge on any atom is 0.129 e. The van der Waals surface area contributed by atoms with Gasteiger partial charge in [0.1, 0.15) is 11.6 Å². The highest BCUT2D eigenvalue weighted by Gasteiger charge is 2.43. The van der Waals surface area contributed by atoms with Crippen LogP contribution in [0, 0.1) is 17.0 Å². The van der Waals surface area contributed by atoms with Crippen LogP contribution in [0.15, 0.2) is 42.5 Å². The average Bonchev–Trinajstić information content (AvgIpc) is 2.89. The minimum Gasteiger partial charge on any atom is -0.388 e. The molecule has 110 valence electrons. The highest BCUT2D eigenvalue weighted by atomic mass is 19.1. The average molecular weight is 289 g/mol. The van der Waals surface area contributed by atoms with Gasteiger partial charge in [-0.05, 0) is 42.2 Å². The molecule has 1 atom stereocenters. The quantitative estimate of drug-likeness (QED) is 0.912. The number of halogens is 2. The third-order valence-corrected chi connectivity index (χ3v) is 4.44. The van der Waals surface area contributed by atoms with Crippen LogP contribution in [-0.4, -0.2) is 11.7 Å². The Labute approximate surface area is 122 Å². The van der Waals surface area contributed by atoms with Gasteiger partial charge in [-0.3, -0.25) is 0 Å². The van der Waals surface area contributed by atoms with E-state index in [1.807, 2.05) is 24.3 Å². The molecule has 0 bridgehead atoms. The molecule has 0 aromatic heterocycles. The number of aliphatic hydroxyl groups is 1. The summed E-state index contributed by atoms with van der Waals surface area (Å²) in [5.41, 5.74) is 7.42. The number of hydrogen-bond acceptors (Lipinski definition) is 2. The van der Waals surface area contributed by atoms with Crippen LogP contribution in [0.3, 0.4) is 0 Å². The predicted octanol–water partition coefficient (Wildman–Crippen LogP) is 2.74. The highest BCUT2D eigenvalue weighted by Crippen LogP contribution is 2.45. The van der Waals surface area contributed by atoms with Crippen molar-refractivity contribution in [3.8, 4) is 0 Å². The molecular formula is C17H17F2NO. The van der Waals surface area contributed by atoms with Crippen molar-refractivity contribution in [1.29, 1.82) is 0 Å². The third kappa shape index (κ3) is 2.34. The van der Waals surface area contributed by atoms with E-state index in [1.54, 1.807) is 0 Å². The zero-order chi connectivity index (χ0) is 15.0. The monoisotopic (exact) mass is 289 g/mol. The van der Waals surface area contributed by atoms with Gasteiger partial charge in [-0.25, -0.2) is 8.78 Å². The molecule has 3 N–H and O–H groups in total. The standard InChI is InChI=1S/C17H17F2NO/c18-13-5-6-15(19)14(7-13)16(21)17(10-20)8-11-3-1-2-4-12(11)9-17/h1-7,16,21H,8-10,20H2. The molecule has 3 rings (SSSR count). The fourth-order valence-electron chi connectivity index (χ4n) is 3.23. The summed E-state index contributed by atoms with van der Waals surface area (Å²) in [6, 6.07) is 11.0. The molecule has 21 heavy (non-hydrogen) atoms. The Bertz CT molecular complexity index is 647. The smallest absolute Gasteiger partial charge is 0.129 e. The second kappa shape index (κ2) is 5.20. The number of rotatable bonds is 3. The lowest BCUT2D eigenvalue weighted by Crippen LogP contribution is -2.38. The summed E-state index contributed by atoms with van der Waals surface area (Å²) in [6.07, 6.45) is -0.00118. The summed E-state index contributed by atoms with van der Waals surface area (Å²) in [4.78, 5) is 0. The minimum atomic E-state index is -1.13. The second-order valence-corrected chi connectivity index (χ2v) is 5.76. The largest absolute Gasteiger partial charge is 0.388 e. The Balaban J connectivity index is 2.00. The Hall–Kier alpha value is -1.78. The van der Waals surface area contributed by atoms with E-state index in [-0.39, 0.29) is 12.1 Å². The molecule has 1 aliphatic rings. The predicted molar refractivity (Wildman–Crippen MR) is 76.7 cm³/mol. The first-order chi connectivity index (χ1) is 10.1. The maximum atomic E-state index is 13.9. The number of fused-ring (bicyclic) bond motifs is 1. The van der Waals surface area contributed by atoms with Crippen LogP contribution < -0.4 is 5.73 Å². The van der Waals surface area contributed by atoms with Gasteiger partial charge in [-0.1, -0.05) is 24.3 Å². The number of benzene rings is 2. The first kappa shape index (κ1) is 14.2. The molecule has 2 nitrogen and oxygen atoms in total. The van der Waals surface area contributed by atoms with Gasteiger partial charge in [0.05, 0.1) is 6.10 Å². The van der Waals surface area contributed by atoms with Crippen molar-refractivity contribution in [3.05, 3.63) is 70.8 Å². The van der Waals surface area contributed by atoms with Crippen molar-refractivity contribution in [2.75, 3.05) is 6.54 Å². The fraction of sp³-hybridized carbons (Fsp3) is 0.294. The first-order valence-electron chi connectivity index (χ1n) is 6.95. The molecule has 2 aromatic rings. The van der Waals surface area contributed by atoms with Crippen LogP contribution >= 0.6 is 0 Å². The molecule has 2 aromatic carbocycles. The van der Waals surface area contributed by atoms with E-state index in [0.29, 0.717) is 12.8 Å². The van der Waals surface area contributed by atoms with Crippen molar-refractivity contribution in [1.82, 2.24) is 0 Å².